The van der Waals surface area contributed by atoms with Gasteiger partial charge < -0.3 is 10.1 Å². The van der Waals surface area contributed by atoms with Gasteiger partial charge in [-0.2, -0.15) is 0 Å². The van der Waals surface area contributed by atoms with E-state index in [0.29, 0.717) is 5.69 Å². The molecule has 3 aromatic carbocycles. The fraction of sp³-hybridized carbons (Fsp3) is 0.160. The van der Waals surface area contributed by atoms with Crippen molar-refractivity contribution in [3.63, 3.8) is 0 Å². The van der Waals surface area contributed by atoms with Crippen molar-refractivity contribution in [3.8, 4) is 10.6 Å². The first-order valence-corrected chi connectivity index (χ1v) is 12.8. The summed E-state index contributed by atoms with van der Waals surface area (Å²) in [6.45, 7) is 3.72. The highest BCUT2D eigenvalue weighted by atomic mass is 79.9. The zero-order valence-corrected chi connectivity index (χ0v) is 21.3. The molecule has 0 radical (unpaired) electrons. The molecule has 0 aliphatic carbocycles. The third kappa shape index (κ3) is 6.22. The molecule has 8 heteroatoms. The first kappa shape index (κ1) is 23.5. The summed E-state index contributed by atoms with van der Waals surface area (Å²) in [5.41, 5.74) is 4.88. The minimum atomic E-state index is -0.432. The van der Waals surface area contributed by atoms with E-state index >= 15 is 0 Å². The lowest BCUT2D eigenvalue weighted by Gasteiger charge is -2.08. The maximum atomic E-state index is 12.2. The van der Waals surface area contributed by atoms with Gasteiger partial charge in [0.2, 0.25) is 0 Å². The van der Waals surface area contributed by atoms with E-state index in [0.717, 1.165) is 35.7 Å². The van der Waals surface area contributed by atoms with Crippen LogP contribution in [0.2, 0.25) is 0 Å². The summed E-state index contributed by atoms with van der Waals surface area (Å²) in [7, 11) is 0. The van der Waals surface area contributed by atoms with Crippen LogP contribution in [0.3, 0.4) is 0 Å². The van der Waals surface area contributed by atoms with Gasteiger partial charge in [-0.15, -0.1) is 23.1 Å². The number of hydrogen-bond donors (Lipinski definition) is 1. The van der Waals surface area contributed by atoms with Gasteiger partial charge in [0, 0.05) is 20.6 Å². The number of aromatic nitrogens is 1. The Morgan fingerprint density at radius 3 is 2.61 bits per heavy atom. The van der Waals surface area contributed by atoms with E-state index in [2.05, 4.69) is 45.3 Å². The van der Waals surface area contributed by atoms with Crippen LogP contribution in [0.15, 0.2) is 70.0 Å². The number of halogens is 1. The number of ether oxygens (including phenoxy) is 1. The molecule has 1 heterocycles. The number of aryl methyl sites for hydroxylation is 2. The highest BCUT2D eigenvalue weighted by molar-refractivity contribution is 9.10. The number of thiazole rings is 1. The van der Waals surface area contributed by atoms with Crippen LogP contribution in [0, 0.1) is 13.8 Å². The van der Waals surface area contributed by atoms with E-state index in [1.165, 1.54) is 17.3 Å². The molecule has 4 aromatic rings. The monoisotopic (exact) mass is 540 g/mol. The average molecular weight is 541 g/mol. The van der Waals surface area contributed by atoms with Crippen LogP contribution in [0.5, 0.6) is 0 Å². The topological polar surface area (TPSA) is 68.3 Å². The lowest BCUT2D eigenvalue weighted by Crippen LogP contribution is -2.21. The first-order valence-electron chi connectivity index (χ1n) is 10.2. The number of carbonyl (C=O) groups is 2. The average Bonchev–Trinajstić information content (AvgIpc) is 3.21. The van der Waals surface area contributed by atoms with Gasteiger partial charge in [-0.25, -0.2) is 4.98 Å². The smallest absolute Gasteiger partial charge is 0.316 e. The van der Waals surface area contributed by atoms with Crippen LogP contribution in [-0.4, -0.2) is 29.2 Å². The van der Waals surface area contributed by atoms with Gasteiger partial charge in [-0.05, 0) is 79.6 Å². The molecule has 0 unspecified atom stereocenters. The zero-order valence-electron chi connectivity index (χ0n) is 18.1. The standard InChI is InChI=1S/C25H21BrN2O3S2/c1-15-3-9-20-22(11-15)33-25(28-20)17-4-7-19(8-5-17)27-23(29)13-31-24(30)14-32-21-10-6-18(26)12-16(21)2/h3-12H,13-14H2,1-2H3,(H,27,29). The number of thioether (sulfide) groups is 1. The highest BCUT2D eigenvalue weighted by Gasteiger charge is 2.11. The summed E-state index contributed by atoms with van der Waals surface area (Å²) in [6, 6.07) is 19.6. The van der Waals surface area contributed by atoms with Crippen molar-refractivity contribution in [2.75, 3.05) is 17.7 Å². The van der Waals surface area contributed by atoms with Crippen LogP contribution in [-0.2, 0) is 14.3 Å². The number of amides is 1. The van der Waals surface area contributed by atoms with Gasteiger partial charge in [-0.1, -0.05) is 22.0 Å². The molecule has 0 spiro atoms. The van der Waals surface area contributed by atoms with Gasteiger partial charge in [0.1, 0.15) is 5.01 Å². The molecule has 0 saturated carbocycles. The number of carbonyl (C=O) groups excluding carboxylic acids is 2. The van der Waals surface area contributed by atoms with Crippen LogP contribution < -0.4 is 5.32 Å². The van der Waals surface area contributed by atoms with E-state index in [4.69, 9.17) is 4.74 Å². The lowest BCUT2D eigenvalue weighted by atomic mass is 10.2. The maximum Gasteiger partial charge on any atom is 0.316 e. The normalized spacial score (nSPS) is 10.9. The van der Waals surface area contributed by atoms with E-state index in [1.54, 1.807) is 11.3 Å². The minimum absolute atomic E-state index is 0.145. The van der Waals surface area contributed by atoms with Crippen LogP contribution >= 0.6 is 39.0 Å². The summed E-state index contributed by atoms with van der Waals surface area (Å²) >= 11 is 6.45. The van der Waals surface area contributed by atoms with Gasteiger partial charge in [0.15, 0.2) is 6.61 Å². The lowest BCUT2D eigenvalue weighted by molar-refractivity contribution is -0.144. The summed E-state index contributed by atoms with van der Waals surface area (Å²) < 4.78 is 7.25. The largest absolute Gasteiger partial charge is 0.455 e. The van der Waals surface area contributed by atoms with Crippen molar-refractivity contribution in [2.24, 2.45) is 0 Å². The Morgan fingerprint density at radius 2 is 1.85 bits per heavy atom. The third-order valence-electron chi connectivity index (χ3n) is 4.81. The molecule has 5 nitrogen and oxygen atoms in total. The van der Waals surface area contributed by atoms with E-state index in [9.17, 15) is 9.59 Å². The molecule has 0 aliphatic rings. The van der Waals surface area contributed by atoms with Crippen molar-refractivity contribution >= 4 is 66.8 Å². The molecule has 1 amide bonds. The highest BCUT2D eigenvalue weighted by Crippen LogP contribution is 2.31. The molecular weight excluding hydrogens is 520 g/mol. The van der Waals surface area contributed by atoms with Crippen LogP contribution in [0.4, 0.5) is 5.69 Å². The number of fused-ring (bicyclic) bond motifs is 1. The van der Waals surface area contributed by atoms with Gasteiger partial charge in [-0.3, -0.25) is 9.59 Å². The quantitative estimate of drug-likeness (QED) is 0.211. The Balaban J connectivity index is 1.27. The summed E-state index contributed by atoms with van der Waals surface area (Å²) in [6.07, 6.45) is 0. The number of nitrogens with zero attached hydrogens (tertiary/aromatic N) is 1. The fourth-order valence-electron chi connectivity index (χ4n) is 3.15. The predicted octanol–water partition coefficient (Wildman–Crippen LogP) is 6.62. The van der Waals surface area contributed by atoms with Crippen LogP contribution in [0.1, 0.15) is 11.1 Å². The van der Waals surface area contributed by atoms with Crippen molar-refractivity contribution in [1.29, 1.82) is 0 Å². The number of esters is 1. The predicted molar refractivity (Wildman–Crippen MR) is 139 cm³/mol. The SMILES string of the molecule is Cc1ccc2nc(-c3ccc(NC(=O)COC(=O)CSc4ccc(Br)cc4C)cc3)sc2c1. The zero-order chi connectivity index (χ0) is 23.4. The number of hydrogen-bond acceptors (Lipinski definition) is 6. The Morgan fingerprint density at radius 1 is 1.06 bits per heavy atom. The van der Waals surface area contributed by atoms with Crippen molar-refractivity contribution in [1.82, 2.24) is 4.98 Å². The van der Waals surface area contributed by atoms with E-state index in [-0.39, 0.29) is 18.3 Å². The maximum absolute atomic E-state index is 12.2. The molecule has 33 heavy (non-hydrogen) atoms. The van der Waals surface area contributed by atoms with Gasteiger partial charge in [0.05, 0.1) is 16.0 Å². The number of rotatable bonds is 7. The number of anilines is 1. The third-order valence-corrected chi connectivity index (χ3v) is 7.52. The molecule has 0 fully saturated rings. The molecule has 0 atom stereocenters. The second kappa shape index (κ2) is 10.5. The van der Waals surface area contributed by atoms with Crippen LogP contribution in [0.25, 0.3) is 20.8 Å². The minimum Gasteiger partial charge on any atom is -0.455 e. The first-order chi connectivity index (χ1) is 15.9. The van der Waals surface area contributed by atoms with Gasteiger partial charge in [0.25, 0.3) is 5.91 Å². The molecular formula is C25H21BrN2O3S2. The Hall–Kier alpha value is -2.68. The molecule has 1 N–H and O–H groups in total. The van der Waals surface area contributed by atoms with E-state index in [1.807, 2.05) is 55.5 Å². The second-order valence-corrected chi connectivity index (χ2v) is 10.4. The van der Waals surface area contributed by atoms with Crippen molar-refractivity contribution < 1.29 is 14.3 Å². The molecule has 1 aromatic heterocycles. The summed E-state index contributed by atoms with van der Waals surface area (Å²) in [5, 5.41) is 3.69. The molecule has 168 valence electrons. The van der Waals surface area contributed by atoms with Gasteiger partial charge >= 0.3 is 5.97 Å². The molecule has 0 bridgehead atoms. The van der Waals surface area contributed by atoms with Crippen molar-refractivity contribution in [2.45, 2.75) is 18.7 Å². The molecule has 0 aliphatic heterocycles. The summed E-state index contributed by atoms with van der Waals surface area (Å²) in [4.78, 5) is 29.9. The van der Waals surface area contributed by atoms with E-state index < -0.39 is 5.97 Å². The second-order valence-electron chi connectivity index (χ2n) is 7.47. The number of benzene rings is 3. The number of nitrogens with one attached hydrogen (secondary N) is 1. The Labute approximate surface area is 208 Å². The Kier molecular flexibility index (Phi) is 7.47. The van der Waals surface area contributed by atoms with Crippen molar-refractivity contribution in [3.05, 3.63) is 76.3 Å². The molecule has 4 rings (SSSR count). The Bertz CT molecular complexity index is 1320. The summed E-state index contributed by atoms with van der Waals surface area (Å²) in [5.74, 6) is -0.665. The fourth-order valence-corrected chi connectivity index (χ4v) is 5.50. The molecule has 0 saturated heterocycles.